The van der Waals surface area contributed by atoms with E-state index in [4.69, 9.17) is 5.26 Å². The van der Waals surface area contributed by atoms with Gasteiger partial charge in [-0.3, -0.25) is 0 Å². The van der Waals surface area contributed by atoms with E-state index in [0.717, 1.165) is 10.5 Å². The molecule has 1 aliphatic rings. The van der Waals surface area contributed by atoms with Gasteiger partial charge < -0.3 is 0 Å². The first-order valence-corrected chi connectivity index (χ1v) is 8.62. The molecule has 1 N–H and O–H groups in total. The van der Waals surface area contributed by atoms with Crippen LogP contribution in [0.2, 0.25) is 0 Å². The summed E-state index contributed by atoms with van der Waals surface area (Å²) in [4.78, 5) is 26.8. The van der Waals surface area contributed by atoms with Crippen LogP contribution >= 0.6 is 0 Å². The molecule has 0 aliphatic carbocycles. The van der Waals surface area contributed by atoms with Crippen LogP contribution in [0.25, 0.3) is 0 Å². The summed E-state index contributed by atoms with van der Waals surface area (Å²) in [7, 11) is 0. The van der Waals surface area contributed by atoms with E-state index < -0.39 is 12.1 Å². The van der Waals surface area contributed by atoms with Crippen molar-refractivity contribution in [3.8, 4) is 6.07 Å². The number of carbonyl (C=O) groups is 2. The Bertz CT molecular complexity index is 1110. The standard InChI is InChI=1S/C22H14N4O2/c23-15-16-11-13-18(14-12-16)20(17-7-3-1-4-8-17)26-22(28)25(21(27)24-26)19-9-5-2-6-10-19/h1-14H/p+1/b26-20-. The minimum atomic E-state index is -0.529. The highest BCUT2D eigenvalue weighted by Gasteiger charge is 2.46. The van der Waals surface area contributed by atoms with Crippen molar-refractivity contribution in [2.45, 2.75) is 0 Å². The highest BCUT2D eigenvalue weighted by molar-refractivity contribution is 6.18. The fourth-order valence-electron chi connectivity index (χ4n) is 3.06. The Hall–Kier alpha value is -4.24. The number of hydrazone groups is 1. The maximum Gasteiger partial charge on any atom is 0.532 e. The average Bonchev–Trinajstić information content (AvgIpc) is 3.04. The maximum atomic E-state index is 13.1. The zero-order valence-corrected chi connectivity index (χ0v) is 14.7. The van der Waals surface area contributed by atoms with Gasteiger partial charge in [-0.15, -0.1) is 10.3 Å². The summed E-state index contributed by atoms with van der Waals surface area (Å²) in [5.74, 6) is 0. The molecular weight excluding hydrogens is 352 g/mol. The van der Waals surface area contributed by atoms with Crippen LogP contribution < -0.4 is 10.3 Å². The number of rotatable bonds is 3. The van der Waals surface area contributed by atoms with Gasteiger partial charge in [0.25, 0.3) is 0 Å². The molecule has 0 atom stereocenters. The number of hydrazine groups is 1. The molecule has 1 saturated heterocycles. The number of nitriles is 1. The second-order valence-corrected chi connectivity index (χ2v) is 6.11. The number of nitrogens with one attached hydrogen (secondary N) is 1. The van der Waals surface area contributed by atoms with E-state index in [9.17, 15) is 9.59 Å². The number of amides is 4. The fourth-order valence-corrected chi connectivity index (χ4v) is 3.06. The molecule has 0 saturated carbocycles. The van der Waals surface area contributed by atoms with Gasteiger partial charge >= 0.3 is 12.1 Å². The third-order valence-corrected chi connectivity index (χ3v) is 4.37. The number of anilines is 1. The van der Waals surface area contributed by atoms with Crippen LogP contribution in [0.5, 0.6) is 0 Å². The van der Waals surface area contributed by atoms with Crippen LogP contribution in [0.4, 0.5) is 15.3 Å². The first-order valence-electron chi connectivity index (χ1n) is 8.62. The summed E-state index contributed by atoms with van der Waals surface area (Å²) in [5.41, 5.74) is 5.64. The Morgan fingerprint density at radius 3 is 2.00 bits per heavy atom. The number of hydrogen-bond donors (Lipinski definition) is 1. The molecule has 1 heterocycles. The van der Waals surface area contributed by atoms with Gasteiger partial charge in [0.05, 0.1) is 11.6 Å². The molecule has 4 rings (SSSR count). The molecule has 1 fully saturated rings. The first kappa shape index (κ1) is 17.2. The summed E-state index contributed by atoms with van der Waals surface area (Å²) in [6.07, 6.45) is 0. The second-order valence-electron chi connectivity index (χ2n) is 6.11. The van der Waals surface area contributed by atoms with Crippen molar-refractivity contribution < 1.29 is 14.3 Å². The number of hydrogen-bond acceptors (Lipinski definition) is 3. The molecule has 3 aromatic carbocycles. The summed E-state index contributed by atoms with van der Waals surface area (Å²) in [6.45, 7) is 0. The molecule has 0 radical (unpaired) electrons. The third-order valence-electron chi connectivity index (χ3n) is 4.37. The summed E-state index contributed by atoms with van der Waals surface area (Å²) in [6, 6.07) is 26.0. The van der Waals surface area contributed by atoms with E-state index in [1.165, 1.54) is 4.68 Å². The predicted molar refractivity (Wildman–Crippen MR) is 104 cm³/mol. The molecular formula is C22H15N4O2+. The Labute approximate surface area is 161 Å². The molecule has 0 spiro atoms. The van der Waals surface area contributed by atoms with Gasteiger partial charge in [-0.1, -0.05) is 53.2 Å². The number of benzene rings is 3. The van der Waals surface area contributed by atoms with E-state index >= 15 is 0 Å². The zero-order chi connectivity index (χ0) is 19.5. The molecule has 0 bridgehead atoms. The van der Waals surface area contributed by atoms with Crippen LogP contribution in [0.1, 0.15) is 16.7 Å². The molecule has 134 valence electrons. The smallest absolute Gasteiger partial charge is 0.216 e. The van der Waals surface area contributed by atoms with E-state index in [0.29, 0.717) is 22.5 Å². The lowest BCUT2D eigenvalue weighted by molar-refractivity contribution is -0.462. The minimum Gasteiger partial charge on any atom is -0.216 e. The topological polar surface area (TPSA) is 76.2 Å². The lowest BCUT2D eigenvalue weighted by Crippen LogP contribution is -2.33. The summed E-state index contributed by atoms with van der Waals surface area (Å²) >= 11 is 0. The number of para-hydroxylation sites is 1. The molecule has 1 aliphatic heterocycles. The van der Waals surface area contributed by atoms with Crippen molar-refractivity contribution in [1.29, 1.82) is 5.26 Å². The van der Waals surface area contributed by atoms with Gasteiger partial charge in [0, 0.05) is 11.1 Å². The van der Waals surface area contributed by atoms with E-state index in [1.807, 2.05) is 36.4 Å². The lowest BCUT2D eigenvalue weighted by Gasteiger charge is -2.07. The number of imide groups is 1. The molecule has 0 unspecified atom stereocenters. The highest BCUT2D eigenvalue weighted by atomic mass is 16.2. The van der Waals surface area contributed by atoms with E-state index in [-0.39, 0.29) is 0 Å². The van der Waals surface area contributed by atoms with Crippen molar-refractivity contribution in [2.24, 2.45) is 0 Å². The maximum absolute atomic E-state index is 13.1. The zero-order valence-electron chi connectivity index (χ0n) is 14.7. The van der Waals surface area contributed by atoms with Crippen molar-refractivity contribution >= 4 is 23.5 Å². The van der Waals surface area contributed by atoms with Crippen molar-refractivity contribution in [3.63, 3.8) is 0 Å². The van der Waals surface area contributed by atoms with Gasteiger partial charge in [0.15, 0.2) is 5.71 Å². The van der Waals surface area contributed by atoms with Gasteiger partial charge in [-0.2, -0.15) is 10.1 Å². The number of nitrogens with zero attached hydrogens (tertiary/aromatic N) is 3. The van der Waals surface area contributed by atoms with Crippen molar-refractivity contribution in [1.82, 2.24) is 5.43 Å². The summed E-state index contributed by atoms with van der Waals surface area (Å²) < 4.78 is 1.24. The van der Waals surface area contributed by atoms with Crippen LogP contribution in [-0.4, -0.2) is 22.5 Å². The van der Waals surface area contributed by atoms with Crippen molar-refractivity contribution in [3.05, 3.63) is 102 Å². The molecule has 6 heteroatoms. The Morgan fingerprint density at radius 1 is 0.821 bits per heavy atom. The van der Waals surface area contributed by atoms with Gasteiger partial charge in [-0.05, 0) is 36.4 Å². The largest absolute Gasteiger partial charge is 0.532 e. The summed E-state index contributed by atoms with van der Waals surface area (Å²) in [5, 5.41) is 9.05. The molecule has 6 nitrogen and oxygen atoms in total. The Balaban J connectivity index is 1.88. The Kier molecular flexibility index (Phi) is 4.40. The lowest BCUT2D eigenvalue weighted by atomic mass is 10.0. The van der Waals surface area contributed by atoms with Crippen LogP contribution in [0.15, 0.2) is 84.9 Å². The van der Waals surface area contributed by atoms with Gasteiger partial charge in [0.2, 0.25) is 0 Å². The first-order chi connectivity index (χ1) is 13.7. The highest BCUT2D eigenvalue weighted by Crippen LogP contribution is 2.20. The number of urea groups is 2. The fraction of sp³-hybridized carbons (Fsp3) is 0. The molecule has 3 aromatic rings. The molecule has 0 aromatic heterocycles. The quantitative estimate of drug-likeness (QED) is 0.718. The Morgan fingerprint density at radius 2 is 1.39 bits per heavy atom. The third kappa shape index (κ3) is 3.02. The van der Waals surface area contributed by atoms with Gasteiger partial charge in [-0.25, -0.2) is 4.79 Å². The molecule has 28 heavy (non-hydrogen) atoms. The normalized spacial score (nSPS) is 15.2. The average molecular weight is 367 g/mol. The van der Waals surface area contributed by atoms with Crippen LogP contribution in [0, 0.1) is 11.3 Å². The SMILES string of the molecule is N#Cc1ccc(/C(c2ccccc2)=[N+]2\NC(=O)N(c3ccccc3)C2=O)cc1. The van der Waals surface area contributed by atoms with Crippen LogP contribution in [0.3, 0.4) is 0 Å². The minimum absolute atomic E-state index is 0.486. The van der Waals surface area contributed by atoms with E-state index in [2.05, 4.69) is 11.5 Å². The van der Waals surface area contributed by atoms with E-state index in [1.54, 1.807) is 48.5 Å². The van der Waals surface area contributed by atoms with Crippen molar-refractivity contribution in [2.75, 3.05) is 4.90 Å². The van der Waals surface area contributed by atoms with Gasteiger partial charge in [0.1, 0.15) is 5.69 Å². The van der Waals surface area contributed by atoms with Crippen LogP contribution in [-0.2, 0) is 0 Å². The predicted octanol–water partition coefficient (Wildman–Crippen LogP) is 3.67. The second kappa shape index (κ2) is 7.17. The number of carbonyl (C=O) groups excluding carboxylic acids is 2. The monoisotopic (exact) mass is 367 g/mol. The molecule has 4 amide bonds.